The Hall–Kier alpha value is -0.580. The number of nitrogens with two attached hydrogens (primary N) is 1. The molecule has 66 valence electrons. The Kier molecular flexibility index (Phi) is 3.51. The van der Waals surface area contributed by atoms with Crippen LogP contribution >= 0.6 is 0 Å². The number of sulfone groups is 1. The van der Waals surface area contributed by atoms with Crippen LogP contribution in [0.25, 0.3) is 0 Å². The Morgan fingerprint density at radius 1 is 1.55 bits per heavy atom. The highest BCUT2D eigenvalue weighted by atomic mass is 32.2. The van der Waals surface area contributed by atoms with E-state index in [-0.39, 0.29) is 17.6 Å². The number of rotatable bonds is 3. The van der Waals surface area contributed by atoms with Gasteiger partial charge in [0.2, 0.25) is 0 Å². The molecule has 0 fully saturated rings. The molecule has 0 saturated heterocycles. The molecule has 0 aromatic rings. The molecule has 0 aliphatic heterocycles. The standard InChI is InChI=1S/C6H14N2O2S/c1-5(2)8-6(7)4-11(3,9)10/h5H,4H2,1-3H3,(H2,7,8). The van der Waals surface area contributed by atoms with E-state index in [4.69, 9.17) is 5.73 Å². The molecule has 0 aromatic carbocycles. The molecule has 0 spiro atoms. The Labute approximate surface area is 67.4 Å². The quantitative estimate of drug-likeness (QED) is 0.480. The summed E-state index contributed by atoms with van der Waals surface area (Å²) >= 11 is 0. The van der Waals surface area contributed by atoms with Gasteiger partial charge in [0.25, 0.3) is 0 Å². The van der Waals surface area contributed by atoms with E-state index in [1.54, 1.807) is 0 Å². The minimum absolute atomic E-state index is 0.0525. The van der Waals surface area contributed by atoms with Crippen molar-refractivity contribution in [1.29, 1.82) is 0 Å². The molecule has 0 aliphatic rings. The smallest absolute Gasteiger partial charge is 0.154 e. The van der Waals surface area contributed by atoms with Gasteiger partial charge in [0, 0.05) is 12.3 Å². The molecule has 0 unspecified atom stereocenters. The van der Waals surface area contributed by atoms with Gasteiger partial charge >= 0.3 is 0 Å². The summed E-state index contributed by atoms with van der Waals surface area (Å²) in [5.41, 5.74) is 5.33. The molecule has 0 rings (SSSR count). The third-order valence-electron chi connectivity index (χ3n) is 0.834. The molecule has 0 heterocycles. The van der Waals surface area contributed by atoms with E-state index in [2.05, 4.69) is 4.99 Å². The van der Waals surface area contributed by atoms with Crippen LogP contribution in [-0.2, 0) is 9.84 Å². The molecule has 0 amide bonds. The van der Waals surface area contributed by atoms with Gasteiger partial charge in [0.15, 0.2) is 9.84 Å². The fourth-order valence-electron chi connectivity index (χ4n) is 0.638. The average molecular weight is 178 g/mol. The number of nitrogens with zero attached hydrogens (tertiary/aromatic N) is 1. The van der Waals surface area contributed by atoms with Crippen LogP contribution in [0.4, 0.5) is 0 Å². The molecule has 0 aromatic heterocycles. The predicted octanol–water partition coefficient (Wildman–Crippen LogP) is -0.203. The van der Waals surface area contributed by atoms with Gasteiger partial charge in [0.05, 0.1) is 0 Å². The highest BCUT2D eigenvalue weighted by molar-refractivity contribution is 7.91. The lowest BCUT2D eigenvalue weighted by molar-refractivity contribution is 0.605. The minimum atomic E-state index is -3.02. The van der Waals surface area contributed by atoms with Crippen molar-refractivity contribution in [2.24, 2.45) is 10.7 Å². The third-order valence-corrected chi connectivity index (χ3v) is 1.65. The summed E-state index contributed by atoms with van der Waals surface area (Å²) in [6.07, 6.45) is 1.13. The fourth-order valence-corrected chi connectivity index (χ4v) is 1.25. The van der Waals surface area contributed by atoms with Crippen molar-refractivity contribution in [1.82, 2.24) is 0 Å². The van der Waals surface area contributed by atoms with Crippen molar-refractivity contribution in [2.45, 2.75) is 19.9 Å². The lowest BCUT2D eigenvalue weighted by atomic mass is 10.4. The fraction of sp³-hybridized carbons (Fsp3) is 0.833. The second kappa shape index (κ2) is 3.71. The number of amidine groups is 1. The van der Waals surface area contributed by atoms with Gasteiger partial charge in [-0.15, -0.1) is 0 Å². The zero-order valence-electron chi connectivity index (χ0n) is 7.03. The molecule has 11 heavy (non-hydrogen) atoms. The highest BCUT2D eigenvalue weighted by Gasteiger charge is 2.04. The zero-order valence-corrected chi connectivity index (χ0v) is 7.85. The molecule has 0 atom stereocenters. The first kappa shape index (κ1) is 10.4. The summed E-state index contributed by atoms with van der Waals surface area (Å²) in [5.74, 6) is 0.0352. The van der Waals surface area contributed by atoms with Crippen LogP contribution < -0.4 is 5.73 Å². The second-order valence-corrected chi connectivity index (χ2v) is 4.92. The van der Waals surface area contributed by atoms with Gasteiger partial charge in [0.1, 0.15) is 11.6 Å². The molecular weight excluding hydrogens is 164 g/mol. The van der Waals surface area contributed by atoms with Crippen molar-refractivity contribution < 1.29 is 8.42 Å². The maximum Gasteiger partial charge on any atom is 0.154 e. The van der Waals surface area contributed by atoms with E-state index in [9.17, 15) is 8.42 Å². The number of hydrogen-bond acceptors (Lipinski definition) is 3. The Balaban J connectivity index is 4.20. The highest BCUT2D eigenvalue weighted by Crippen LogP contribution is 1.88. The van der Waals surface area contributed by atoms with E-state index in [1.165, 1.54) is 0 Å². The van der Waals surface area contributed by atoms with Crippen molar-refractivity contribution in [3.63, 3.8) is 0 Å². The topological polar surface area (TPSA) is 72.5 Å². The lowest BCUT2D eigenvalue weighted by Gasteiger charge is -2.00. The van der Waals surface area contributed by atoms with Crippen molar-refractivity contribution in [2.75, 3.05) is 12.0 Å². The summed E-state index contributed by atoms with van der Waals surface area (Å²) < 4.78 is 21.3. The SMILES string of the molecule is CC(C)N=C(N)CS(C)(=O)=O. The van der Waals surface area contributed by atoms with E-state index in [0.717, 1.165) is 6.26 Å². The first-order chi connectivity index (χ1) is 4.81. The summed E-state index contributed by atoms with van der Waals surface area (Å²) in [6, 6.07) is 0.0525. The minimum Gasteiger partial charge on any atom is -0.387 e. The second-order valence-electron chi connectivity index (χ2n) is 2.78. The molecule has 0 radical (unpaired) electrons. The average Bonchev–Trinajstić information content (AvgIpc) is 1.53. The zero-order chi connectivity index (χ0) is 9.07. The van der Waals surface area contributed by atoms with Crippen LogP contribution in [0, 0.1) is 0 Å². The van der Waals surface area contributed by atoms with Crippen LogP contribution in [0.15, 0.2) is 4.99 Å². The van der Waals surface area contributed by atoms with E-state index >= 15 is 0 Å². The lowest BCUT2D eigenvalue weighted by Crippen LogP contribution is -2.24. The molecule has 0 saturated carbocycles. The van der Waals surface area contributed by atoms with Crippen molar-refractivity contribution >= 4 is 15.7 Å². The predicted molar refractivity (Wildman–Crippen MR) is 46.5 cm³/mol. The van der Waals surface area contributed by atoms with Crippen LogP contribution in [0.1, 0.15) is 13.8 Å². The summed E-state index contributed by atoms with van der Waals surface area (Å²) in [6.45, 7) is 3.68. The first-order valence-electron chi connectivity index (χ1n) is 3.31. The number of aliphatic imine (C=N–C) groups is 1. The Morgan fingerprint density at radius 3 is 2.27 bits per heavy atom. The van der Waals surface area contributed by atoms with Crippen LogP contribution in [0.3, 0.4) is 0 Å². The van der Waals surface area contributed by atoms with E-state index < -0.39 is 9.84 Å². The van der Waals surface area contributed by atoms with Gasteiger partial charge in [-0.3, -0.25) is 4.99 Å². The molecular formula is C6H14N2O2S. The number of hydrogen-bond donors (Lipinski definition) is 1. The molecule has 0 aliphatic carbocycles. The van der Waals surface area contributed by atoms with Gasteiger partial charge in [-0.2, -0.15) is 0 Å². The summed E-state index contributed by atoms with van der Waals surface area (Å²) in [7, 11) is -3.02. The maximum atomic E-state index is 10.7. The van der Waals surface area contributed by atoms with E-state index in [1.807, 2.05) is 13.8 Å². The van der Waals surface area contributed by atoms with Gasteiger partial charge < -0.3 is 5.73 Å². The van der Waals surface area contributed by atoms with E-state index in [0.29, 0.717) is 0 Å². The van der Waals surface area contributed by atoms with Crippen LogP contribution in [0.2, 0.25) is 0 Å². The normalized spacial score (nSPS) is 14.0. The largest absolute Gasteiger partial charge is 0.387 e. The molecule has 4 nitrogen and oxygen atoms in total. The maximum absolute atomic E-state index is 10.7. The van der Waals surface area contributed by atoms with Crippen LogP contribution in [0.5, 0.6) is 0 Å². The van der Waals surface area contributed by atoms with Gasteiger partial charge in [-0.25, -0.2) is 8.42 Å². The van der Waals surface area contributed by atoms with Crippen molar-refractivity contribution in [3.8, 4) is 0 Å². The van der Waals surface area contributed by atoms with Gasteiger partial charge in [-0.1, -0.05) is 0 Å². The van der Waals surface area contributed by atoms with Crippen molar-refractivity contribution in [3.05, 3.63) is 0 Å². The van der Waals surface area contributed by atoms with Gasteiger partial charge in [-0.05, 0) is 13.8 Å². The monoisotopic (exact) mass is 178 g/mol. The Morgan fingerprint density at radius 2 is 2.00 bits per heavy atom. The summed E-state index contributed by atoms with van der Waals surface area (Å²) in [4.78, 5) is 3.88. The first-order valence-corrected chi connectivity index (χ1v) is 5.37. The molecule has 2 N–H and O–H groups in total. The Bertz CT molecular complexity index is 241. The molecule has 0 bridgehead atoms. The third kappa shape index (κ3) is 7.32. The van der Waals surface area contributed by atoms with Crippen LogP contribution in [-0.4, -0.2) is 32.3 Å². The molecule has 5 heteroatoms. The summed E-state index contributed by atoms with van der Waals surface area (Å²) in [5, 5.41) is 0.